The molecule has 1 aliphatic rings. The molecule has 1 saturated heterocycles. The van der Waals surface area contributed by atoms with Crippen LogP contribution in [0.15, 0.2) is 16.6 Å². The van der Waals surface area contributed by atoms with Crippen LogP contribution in [-0.2, 0) is 0 Å². The average Bonchev–Trinajstić information content (AvgIpc) is 2.44. The van der Waals surface area contributed by atoms with Gasteiger partial charge in [0.1, 0.15) is 0 Å². The fourth-order valence-corrected chi connectivity index (χ4v) is 3.13. The Morgan fingerprint density at radius 3 is 2.50 bits per heavy atom. The Labute approximate surface area is 150 Å². The quantitative estimate of drug-likeness (QED) is 0.581. The second-order valence-corrected chi connectivity index (χ2v) is 5.75. The van der Waals surface area contributed by atoms with E-state index in [2.05, 4.69) is 26.1 Å². The van der Waals surface area contributed by atoms with E-state index in [0.29, 0.717) is 10.0 Å². The molecule has 1 fully saturated rings. The summed E-state index contributed by atoms with van der Waals surface area (Å²) in [5.74, 6) is -0.219. The summed E-state index contributed by atoms with van der Waals surface area (Å²) in [6.45, 7) is 5.57. The van der Waals surface area contributed by atoms with E-state index < -0.39 is 4.92 Å². The Kier molecular flexibility index (Phi) is 9.26. The molecule has 2 rings (SSSR count). The molecule has 1 aromatic rings. The third-order valence-corrected chi connectivity index (χ3v) is 4.08. The van der Waals surface area contributed by atoms with Crippen molar-refractivity contribution in [2.45, 2.75) is 19.4 Å². The first kappa shape index (κ1) is 21.4. The molecular formula is C13H20BrCl2N3O3. The summed E-state index contributed by atoms with van der Waals surface area (Å²) in [6, 6.07) is 3.11. The highest BCUT2D eigenvalue weighted by molar-refractivity contribution is 9.10. The minimum Gasteiger partial charge on any atom is -0.502 e. The first-order chi connectivity index (χ1) is 9.54. The summed E-state index contributed by atoms with van der Waals surface area (Å²) in [5, 5.41) is 24.5. The number of aromatic hydroxyl groups is 1. The van der Waals surface area contributed by atoms with Gasteiger partial charge in [-0.2, -0.15) is 0 Å². The smallest absolute Gasteiger partial charge is 0.312 e. The number of halogens is 3. The van der Waals surface area contributed by atoms with E-state index in [-0.39, 0.29) is 42.3 Å². The van der Waals surface area contributed by atoms with Crippen molar-refractivity contribution in [3.05, 3.63) is 32.3 Å². The SMILES string of the molecule is CC[C@@H](c1cc(Br)cc([N+](=O)[O-])c1O)N1CCNCC1.Cl.Cl. The topological polar surface area (TPSA) is 78.6 Å². The maximum atomic E-state index is 11.0. The Morgan fingerprint density at radius 1 is 1.41 bits per heavy atom. The maximum Gasteiger partial charge on any atom is 0.312 e. The number of benzene rings is 1. The van der Waals surface area contributed by atoms with Crippen molar-refractivity contribution < 1.29 is 10.0 Å². The zero-order chi connectivity index (χ0) is 14.7. The van der Waals surface area contributed by atoms with E-state index in [9.17, 15) is 15.2 Å². The number of nitrogens with one attached hydrogen (secondary N) is 1. The molecular weight excluding hydrogens is 397 g/mol. The number of hydrogen-bond acceptors (Lipinski definition) is 5. The van der Waals surface area contributed by atoms with E-state index in [1.54, 1.807) is 6.07 Å². The minimum atomic E-state index is -0.548. The van der Waals surface area contributed by atoms with Crippen molar-refractivity contribution in [1.82, 2.24) is 10.2 Å². The van der Waals surface area contributed by atoms with Gasteiger partial charge in [0.15, 0.2) is 5.75 Å². The van der Waals surface area contributed by atoms with Crippen LogP contribution in [0.2, 0.25) is 0 Å². The van der Waals surface area contributed by atoms with Gasteiger partial charge in [0.25, 0.3) is 0 Å². The normalized spacial score (nSPS) is 16.3. The lowest BCUT2D eigenvalue weighted by molar-refractivity contribution is -0.386. The second kappa shape index (κ2) is 9.52. The summed E-state index contributed by atoms with van der Waals surface area (Å²) >= 11 is 3.29. The molecule has 22 heavy (non-hydrogen) atoms. The highest BCUT2D eigenvalue weighted by atomic mass is 79.9. The van der Waals surface area contributed by atoms with Crippen LogP contribution in [0.1, 0.15) is 24.9 Å². The molecule has 0 aliphatic carbocycles. The summed E-state index contributed by atoms with van der Waals surface area (Å²) in [6.07, 6.45) is 0.793. The highest BCUT2D eigenvalue weighted by Crippen LogP contribution is 2.39. The molecule has 0 aromatic heterocycles. The molecule has 6 nitrogen and oxygen atoms in total. The molecule has 1 aromatic carbocycles. The predicted octanol–water partition coefficient (Wildman–Crippen LogP) is 3.26. The number of nitrogens with zero attached hydrogens (tertiary/aromatic N) is 2. The molecule has 9 heteroatoms. The fraction of sp³-hybridized carbons (Fsp3) is 0.538. The lowest BCUT2D eigenvalue weighted by Gasteiger charge is -2.34. The summed E-state index contributed by atoms with van der Waals surface area (Å²) < 4.78 is 0.616. The Hall–Kier alpha value is -0.600. The first-order valence-corrected chi connectivity index (χ1v) is 7.45. The predicted molar refractivity (Wildman–Crippen MR) is 94.4 cm³/mol. The van der Waals surface area contributed by atoms with Crippen molar-refractivity contribution >= 4 is 46.4 Å². The van der Waals surface area contributed by atoms with E-state index in [0.717, 1.165) is 32.6 Å². The zero-order valence-electron chi connectivity index (χ0n) is 12.1. The van der Waals surface area contributed by atoms with Gasteiger partial charge in [0.2, 0.25) is 0 Å². The summed E-state index contributed by atoms with van der Waals surface area (Å²) in [7, 11) is 0. The van der Waals surface area contributed by atoms with Crippen LogP contribution in [0.25, 0.3) is 0 Å². The van der Waals surface area contributed by atoms with Gasteiger partial charge in [-0.3, -0.25) is 15.0 Å². The van der Waals surface area contributed by atoms with Crippen molar-refractivity contribution in [3.8, 4) is 5.75 Å². The van der Waals surface area contributed by atoms with Crippen molar-refractivity contribution in [1.29, 1.82) is 0 Å². The number of nitro benzene ring substituents is 1. The Balaban J connectivity index is 0.00000220. The summed E-state index contributed by atoms with van der Waals surface area (Å²) in [5.41, 5.74) is 0.374. The van der Waals surface area contributed by atoms with Crippen LogP contribution in [0.4, 0.5) is 5.69 Å². The van der Waals surface area contributed by atoms with E-state index in [4.69, 9.17) is 0 Å². The molecule has 0 spiro atoms. The van der Waals surface area contributed by atoms with Crippen LogP contribution >= 0.6 is 40.7 Å². The first-order valence-electron chi connectivity index (χ1n) is 6.66. The van der Waals surface area contributed by atoms with Crippen molar-refractivity contribution in [2.75, 3.05) is 26.2 Å². The molecule has 1 aliphatic heterocycles. The monoisotopic (exact) mass is 415 g/mol. The van der Waals surface area contributed by atoms with Crippen molar-refractivity contribution in [2.24, 2.45) is 0 Å². The third-order valence-electron chi connectivity index (χ3n) is 3.62. The lowest BCUT2D eigenvalue weighted by Crippen LogP contribution is -2.45. The molecule has 0 unspecified atom stereocenters. The molecule has 126 valence electrons. The Bertz CT molecular complexity index is 514. The van der Waals surface area contributed by atoms with Crippen LogP contribution < -0.4 is 5.32 Å². The van der Waals surface area contributed by atoms with Crippen LogP contribution in [0.5, 0.6) is 5.75 Å². The number of rotatable bonds is 4. The van der Waals surface area contributed by atoms with E-state index in [1.165, 1.54) is 6.07 Å². The van der Waals surface area contributed by atoms with Crippen LogP contribution in [-0.4, -0.2) is 41.1 Å². The van der Waals surface area contributed by atoms with Crippen LogP contribution in [0.3, 0.4) is 0 Å². The fourth-order valence-electron chi connectivity index (χ4n) is 2.67. The zero-order valence-corrected chi connectivity index (χ0v) is 15.3. The number of hydrogen-bond donors (Lipinski definition) is 2. The van der Waals surface area contributed by atoms with Gasteiger partial charge < -0.3 is 10.4 Å². The standard InChI is InChI=1S/C13H18BrN3O3.2ClH/c1-2-11(16-5-3-15-4-6-16)10-7-9(14)8-12(13(10)18)17(19)20;;/h7-8,11,15,18H,2-6H2,1H3;2*1H/t11-;;/m0../s1. The average molecular weight is 417 g/mol. The molecule has 0 saturated carbocycles. The van der Waals surface area contributed by atoms with Gasteiger partial charge in [0.05, 0.1) is 4.92 Å². The lowest BCUT2D eigenvalue weighted by atomic mass is 10.00. The summed E-state index contributed by atoms with van der Waals surface area (Å²) in [4.78, 5) is 12.7. The van der Waals surface area contributed by atoms with Crippen LogP contribution in [0, 0.1) is 10.1 Å². The van der Waals surface area contributed by atoms with Gasteiger partial charge in [0, 0.05) is 48.3 Å². The Morgan fingerprint density at radius 2 is 2.00 bits per heavy atom. The van der Waals surface area contributed by atoms with Crippen molar-refractivity contribution in [3.63, 3.8) is 0 Å². The second-order valence-electron chi connectivity index (χ2n) is 4.83. The maximum absolute atomic E-state index is 11.0. The van der Waals surface area contributed by atoms with Gasteiger partial charge in [-0.05, 0) is 12.5 Å². The number of phenols is 1. The molecule has 1 heterocycles. The van der Waals surface area contributed by atoms with Gasteiger partial charge >= 0.3 is 5.69 Å². The minimum absolute atomic E-state index is 0. The molecule has 0 radical (unpaired) electrons. The number of nitro groups is 1. The van der Waals surface area contributed by atoms with E-state index in [1.807, 2.05) is 6.92 Å². The van der Waals surface area contributed by atoms with Gasteiger partial charge in [-0.25, -0.2) is 0 Å². The molecule has 0 bridgehead atoms. The highest BCUT2D eigenvalue weighted by Gasteiger charge is 2.27. The number of piperazine rings is 1. The van der Waals surface area contributed by atoms with Gasteiger partial charge in [-0.15, -0.1) is 24.8 Å². The van der Waals surface area contributed by atoms with E-state index >= 15 is 0 Å². The molecule has 1 atom stereocenters. The van der Waals surface area contributed by atoms with Gasteiger partial charge in [-0.1, -0.05) is 22.9 Å². The third kappa shape index (κ3) is 4.70. The molecule has 2 N–H and O–H groups in total. The number of phenolic OH excluding ortho intramolecular Hbond substituents is 1. The molecule has 0 amide bonds. The largest absolute Gasteiger partial charge is 0.502 e.